The van der Waals surface area contributed by atoms with Crippen LogP contribution >= 0.6 is 0 Å². The highest BCUT2D eigenvalue weighted by molar-refractivity contribution is 6.08. The van der Waals surface area contributed by atoms with Crippen LogP contribution in [0.15, 0.2) is 63.6 Å². The summed E-state index contributed by atoms with van der Waals surface area (Å²) in [5, 5.41) is 17.9. The third-order valence-electron chi connectivity index (χ3n) is 12.1. The number of nitrogens with zero attached hydrogens (tertiary/aromatic N) is 5. The smallest absolute Gasteiger partial charge is 0.410 e. The van der Waals surface area contributed by atoms with Crippen molar-refractivity contribution in [3.8, 4) is 22.3 Å². The summed E-state index contributed by atoms with van der Waals surface area (Å²) >= 11 is 0. The first-order chi connectivity index (χ1) is 32.9. The molecular weight excluding hydrogens is 905 g/mol. The molecule has 3 aliphatic rings. The van der Waals surface area contributed by atoms with E-state index in [0.717, 1.165) is 57.9 Å². The van der Waals surface area contributed by atoms with Crippen LogP contribution in [-0.4, -0.2) is 99.6 Å². The summed E-state index contributed by atoms with van der Waals surface area (Å²) in [6, 6.07) is 13.6. The van der Waals surface area contributed by atoms with Crippen molar-refractivity contribution in [1.82, 2.24) is 20.1 Å². The largest absolute Gasteiger partial charge is 0.444 e. The third kappa shape index (κ3) is 12.0. The molecule has 19 heteroatoms. The average molecular weight is 968 g/mol. The molecule has 3 aromatic carbocycles. The molecule has 70 heavy (non-hydrogen) atoms. The van der Waals surface area contributed by atoms with E-state index in [4.69, 9.17) is 24.3 Å². The first-order valence-corrected chi connectivity index (χ1v) is 23.4. The van der Waals surface area contributed by atoms with E-state index in [2.05, 4.69) is 26.3 Å². The molecule has 0 bridgehead atoms. The van der Waals surface area contributed by atoms with Crippen molar-refractivity contribution in [3.05, 3.63) is 89.1 Å². The number of halogens is 2. The summed E-state index contributed by atoms with van der Waals surface area (Å²) in [6.45, 7) is 20.7. The number of amides is 4. The Hall–Kier alpha value is -7.18. The summed E-state index contributed by atoms with van der Waals surface area (Å²) in [6.07, 6.45) is 1.16. The standard InChI is InChI=1S/C31H35F2N5O5.C20H28N4O3/c1-17-28(18(2)43-36-17)19-6-9-24(34-20-12-13-37(16-20)30(41)42-31(3,4)5)25(14-19)35-29(40)26-10-11-27(39)38(26)21-7-8-22(32)23(33)15-21;1-12-18(13(2)27-23-12)14-6-7-17(16(21)10-14)22-15-8-9-24(11-15)19(25)26-20(3,4)5/h6-9,14-15,20,26,34H,10-13,16H2,1-5H3,(H,35,40);6-7,10,15,22H,8-9,11,21H2,1-5H3/t20-,26-;15-/m00/s1. The van der Waals surface area contributed by atoms with Gasteiger partial charge in [0.25, 0.3) is 0 Å². The van der Waals surface area contributed by atoms with Crippen LogP contribution in [0.1, 0.15) is 90.1 Å². The summed E-state index contributed by atoms with van der Waals surface area (Å²) < 4.78 is 49.1. The van der Waals surface area contributed by atoms with E-state index in [1.807, 2.05) is 92.6 Å². The van der Waals surface area contributed by atoms with Gasteiger partial charge in [0.2, 0.25) is 11.8 Å². The van der Waals surface area contributed by atoms with E-state index in [1.54, 1.807) is 22.8 Å². The summed E-state index contributed by atoms with van der Waals surface area (Å²) in [5.41, 5.74) is 12.9. The van der Waals surface area contributed by atoms with Crippen molar-refractivity contribution >= 4 is 52.4 Å². The number of nitrogens with one attached hydrogen (secondary N) is 3. The number of nitrogens with two attached hydrogens (primary N) is 1. The normalized spacial score (nSPS) is 18.1. The van der Waals surface area contributed by atoms with E-state index >= 15 is 0 Å². The number of aryl methyl sites for hydroxylation is 4. The average Bonchev–Trinajstić information content (AvgIpc) is 4.13. The van der Waals surface area contributed by atoms with Crippen molar-refractivity contribution in [2.45, 2.75) is 124 Å². The first kappa shape index (κ1) is 50.7. The van der Waals surface area contributed by atoms with Crippen LogP contribution in [0.25, 0.3) is 22.3 Å². The van der Waals surface area contributed by atoms with Crippen LogP contribution in [-0.2, 0) is 19.1 Å². The van der Waals surface area contributed by atoms with E-state index in [-0.39, 0.29) is 48.7 Å². The number of benzene rings is 3. The Morgan fingerprint density at radius 1 is 0.686 bits per heavy atom. The minimum atomic E-state index is -1.10. The number of nitrogen functional groups attached to an aromatic ring is 1. The van der Waals surface area contributed by atoms with Crippen molar-refractivity contribution < 1.29 is 46.5 Å². The predicted molar refractivity (Wildman–Crippen MR) is 262 cm³/mol. The van der Waals surface area contributed by atoms with E-state index in [0.29, 0.717) is 61.1 Å². The molecule has 5 heterocycles. The SMILES string of the molecule is Cc1noc(C)c1-c1ccc(N[C@H]2CCN(C(=O)OC(C)(C)C)C2)c(N)c1.Cc1noc(C)c1-c1ccc(N[C@H]2CCN(C(=O)OC(C)(C)C)C2)c(NC(=O)[C@@H]2CCC(=O)N2c2ccc(F)c(F)c2)c1. The molecule has 0 spiro atoms. The number of carbonyl (C=O) groups is 4. The number of anilines is 5. The number of carbonyl (C=O) groups excluding carboxylic acids is 4. The number of likely N-dealkylation sites (tertiary alicyclic amines) is 2. The van der Waals surface area contributed by atoms with E-state index < -0.39 is 34.8 Å². The Morgan fingerprint density at radius 3 is 1.69 bits per heavy atom. The molecular formula is C51H63F2N9O8. The van der Waals surface area contributed by atoms with Gasteiger partial charge in [-0.3, -0.25) is 14.5 Å². The maximum atomic E-state index is 14.0. The molecule has 3 atom stereocenters. The zero-order valence-electron chi connectivity index (χ0n) is 41.4. The maximum absolute atomic E-state index is 14.0. The fraction of sp³-hybridized carbons (Fsp3) is 0.451. The van der Waals surface area contributed by atoms with Gasteiger partial charge in [-0.05, 0) is 136 Å². The summed E-state index contributed by atoms with van der Waals surface area (Å²) in [5.74, 6) is -1.59. The van der Waals surface area contributed by atoms with E-state index in [1.165, 1.54) is 11.0 Å². The second-order valence-electron chi connectivity index (χ2n) is 20.0. The van der Waals surface area contributed by atoms with Crippen LogP contribution in [0.4, 0.5) is 46.8 Å². The van der Waals surface area contributed by atoms with Gasteiger partial charge < -0.3 is 50.0 Å². The minimum Gasteiger partial charge on any atom is -0.444 e. The molecule has 0 radical (unpaired) electrons. The van der Waals surface area contributed by atoms with Gasteiger partial charge in [0, 0.05) is 67.6 Å². The number of ether oxygens (including phenoxy) is 2. The zero-order valence-corrected chi connectivity index (χ0v) is 41.4. The molecule has 0 unspecified atom stereocenters. The molecule has 0 saturated carbocycles. The quantitative estimate of drug-likeness (QED) is 0.102. The maximum Gasteiger partial charge on any atom is 0.410 e. The second-order valence-corrected chi connectivity index (χ2v) is 20.0. The van der Waals surface area contributed by atoms with E-state index in [9.17, 15) is 28.0 Å². The van der Waals surface area contributed by atoms with Gasteiger partial charge in [-0.25, -0.2) is 18.4 Å². The molecule has 5 N–H and O–H groups in total. The molecule has 3 fully saturated rings. The molecule has 5 aromatic rings. The Balaban J connectivity index is 0.000000229. The lowest BCUT2D eigenvalue weighted by molar-refractivity contribution is -0.120. The van der Waals surface area contributed by atoms with Gasteiger partial charge in [0.1, 0.15) is 28.8 Å². The highest BCUT2D eigenvalue weighted by atomic mass is 19.2. The second kappa shape index (κ2) is 20.4. The van der Waals surface area contributed by atoms with Gasteiger partial charge in [-0.2, -0.15) is 0 Å². The number of aromatic nitrogens is 2. The van der Waals surface area contributed by atoms with Gasteiger partial charge >= 0.3 is 12.2 Å². The fourth-order valence-electron chi connectivity index (χ4n) is 8.86. The van der Waals surface area contributed by atoms with Crippen LogP contribution in [0, 0.1) is 39.3 Å². The van der Waals surface area contributed by atoms with Crippen LogP contribution in [0.2, 0.25) is 0 Å². The van der Waals surface area contributed by atoms with Crippen molar-refractivity contribution in [2.24, 2.45) is 0 Å². The Morgan fingerprint density at radius 2 is 1.20 bits per heavy atom. The van der Waals surface area contributed by atoms with Crippen LogP contribution in [0.5, 0.6) is 0 Å². The first-order valence-electron chi connectivity index (χ1n) is 23.4. The topological polar surface area (TPSA) is 211 Å². The molecule has 0 aliphatic carbocycles. The molecule has 3 saturated heterocycles. The lowest BCUT2D eigenvalue weighted by atomic mass is 10.0. The third-order valence-corrected chi connectivity index (χ3v) is 12.1. The Labute approximate surface area is 406 Å². The number of rotatable bonds is 9. The van der Waals surface area contributed by atoms with Gasteiger partial charge in [0.05, 0.1) is 34.1 Å². The highest BCUT2D eigenvalue weighted by Crippen LogP contribution is 2.36. The molecule has 3 aliphatic heterocycles. The molecule has 8 rings (SSSR count). The lowest BCUT2D eigenvalue weighted by Gasteiger charge is -2.26. The summed E-state index contributed by atoms with van der Waals surface area (Å²) in [7, 11) is 0. The Kier molecular flexibility index (Phi) is 14.8. The van der Waals surface area contributed by atoms with Crippen molar-refractivity contribution in [3.63, 3.8) is 0 Å². The van der Waals surface area contributed by atoms with Gasteiger partial charge in [0.15, 0.2) is 11.6 Å². The zero-order chi connectivity index (χ0) is 50.8. The highest BCUT2D eigenvalue weighted by Gasteiger charge is 2.38. The number of hydrogen-bond acceptors (Lipinski definition) is 13. The number of hydrogen-bond donors (Lipinski definition) is 4. The van der Waals surface area contributed by atoms with Gasteiger partial charge in [-0.15, -0.1) is 0 Å². The molecule has 374 valence electrons. The summed E-state index contributed by atoms with van der Waals surface area (Å²) in [4.78, 5) is 55.8. The predicted octanol–water partition coefficient (Wildman–Crippen LogP) is 9.75. The fourth-order valence-corrected chi connectivity index (χ4v) is 8.86. The molecule has 17 nitrogen and oxygen atoms in total. The van der Waals surface area contributed by atoms with Gasteiger partial charge in [-0.1, -0.05) is 22.4 Å². The van der Waals surface area contributed by atoms with Crippen molar-refractivity contribution in [1.29, 1.82) is 0 Å². The van der Waals surface area contributed by atoms with Crippen LogP contribution in [0.3, 0.4) is 0 Å². The monoisotopic (exact) mass is 967 g/mol. The Bertz CT molecular complexity index is 2720. The minimum absolute atomic E-state index is 0.0872. The van der Waals surface area contributed by atoms with Crippen LogP contribution < -0.4 is 26.6 Å². The molecule has 4 amide bonds. The molecule has 2 aromatic heterocycles. The van der Waals surface area contributed by atoms with Crippen molar-refractivity contribution in [2.75, 3.05) is 52.8 Å². The lowest BCUT2D eigenvalue weighted by Crippen LogP contribution is -2.42.